The zero-order chi connectivity index (χ0) is 30.1. The second-order valence-electron chi connectivity index (χ2n) is 11.8. The first-order chi connectivity index (χ1) is 20.1. The van der Waals surface area contributed by atoms with Gasteiger partial charge in [-0.3, -0.25) is 19.6 Å². The highest BCUT2D eigenvalue weighted by atomic mass is 16.6. The molecule has 9 heteroatoms. The predicted molar refractivity (Wildman–Crippen MR) is 159 cm³/mol. The summed E-state index contributed by atoms with van der Waals surface area (Å²) in [6.07, 6.45) is 5.83. The minimum absolute atomic E-state index is 0.00341. The number of hydrogen-bond acceptors (Lipinski definition) is 7. The van der Waals surface area contributed by atoms with Crippen molar-refractivity contribution in [3.8, 4) is 0 Å². The highest BCUT2D eigenvalue weighted by Gasteiger charge is 2.33. The van der Waals surface area contributed by atoms with Gasteiger partial charge in [-0.15, -0.1) is 0 Å². The van der Waals surface area contributed by atoms with Gasteiger partial charge in [-0.1, -0.05) is 42.5 Å². The molecule has 3 atom stereocenters. The van der Waals surface area contributed by atoms with Crippen LogP contribution in [0.2, 0.25) is 0 Å². The molecule has 0 bridgehead atoms. The number of aromatic nitrogens is 2. The van der Waals surface area contributed by atoms with E-state index in [1.807, 2.05) is 18.2 Å². The first-order valence-electron chi connectivity index (χ1n) is 14.5. The minimum Gasteiger partial charge on any atom is -0.481 e. The number of pyridine rings is 2. The number of fused-ring (bicyclic) bond motifs is 1. The lowest BCUT2D eigenvalue weighted by atomic mass is 9.87. The fourth-order valence-electron chi connectivity index (χ4n) is 5.33. The van der Waals surface area contributed by atoms with Crippen LogP contribution in [0.25, 0.3) is 0 Å². The van der Waals surface area contributed by atoms with Crippen molar-refractivity contribution < 1.29 is 24.2 Å². The van der Waals surface area contributed by atoms with E-state index < -0.39 is 29.4 Å². The summed E-state index contributed by atoms with van der Waals surface area (Å²) in [4.78, 5) is 49.8. The van der Waals surface area contributed by atoms with E-state index in [0.29, 0.717) is 17.8 Å². The number of nitrogens with one attached hydrogen (secondary N) is 1. The quantitative estimate of drug-likeness (QED) is 0.216. The molecule has 42 heavy (non-hydrogen) atoms. The number of ketones is 1. The number of Topliss-reactive ketones (excluding diaryl/α,β-unsaturated/α-hetero) is 1. The van der Waals surface area contributed by atoms with E-state index in [1.54, 1.807) is 74.5 Å². The van der Waals surface area contributed by atoms with Gasteiger partial charge in [0.05, 0.1) is 17.9 Å². The van der Waals surface area contributed by atoms with Crippen molar-refractivity contribution in [3.05, 3.63) is 95.6 Å². The van der Waals surface area contributed by atoms with E-state index in [4.69, 9.17) is 4.74 Å². The van der Waals surface area contributed by atoms with Crippen molar-refractivity contribution in [3.63, 3.8) is 0 Å². The molecule has 2 aromatic heterocycles. The summed E-state index contributed by atoms with van der Waals surface area (Å²) in [7, 11) is 0. The van der Waals surface area contributed by atoms with Gasteiger partial charge in [-0.05, 0) is 76.1 Å². The highest BCUT2D eigenvalue weighted by molar-refractivity contribution is 6.08. The lowest BCUT2D eigenvalue weighted by Crippen LogP contribution is -2.43. The van der Waals surface area contributed by atoms with Crippen LogP contribution in [-0.4, -0.2) is 56.5 Å². The third-order valence-corrected chi connectivity index (χ3v) is 7.30. The molecule has 222 valence electrons. The maximum Gasteiger partial charge on any atom is 0.410 e. The molecule has 9 nitrogen and oxygen atoms in total. The molecule has 0 aliphatic heterocycles. The summed E-state index contributed by atoms with van der Waals surface area (Å²) >= 11 is 0. The van der Waals surface area contributed by atoms with Gasteiger partial charge >= 0.3 is 12.1 Å². The fourth-order valence-corrected chi connectivity index (χ4v) is 5.33. The molecule has 0 saturated heterocycles. The zero-order valence-electron chi connectivity index (χ0n) is 24.5. The summed E-state index contributed by atoms with van der Waals surface area (Å²) < 4.78 is 5.73. The van der Waals surface area contributed by atoms with Gasteiger partial charge in [-0.2, -0.15) is 0 Å². The molecule has 1 amide bonds. The third-order valence-electron chi connectivity index (χ3n) is 7.30. The normalized spacial score (nSPS) is 16.1. The van der Waals surface area contributed by atoms with Crippen LogP contribution in [0.5, 0.6) is 0 Å². The van der Waals surface area contributed by atoms with Crippen molar-refractivity contribution in [1.82, 2.24) is 20.2 Å². The van der Waals surface area contributed by atoms with Crippen LogP contribution in [0, 0.1) is 11.8 Å². The number of ether oxygens (including phenoxy) is 1. The lowest BCUT2D eigenvalue weighted by Gasteiger charge is -2.32. The first-order valence-corrected chi connectivity index (χ1v) is 14.5. The first kappa shape index (κ1) is 30.8. The summed E-state index contributed by atoms with van der Waals surface area (Å²) in [5.41, 5.74) is 2.49. The Morgan fingerprint density at radius 2 is 1.76 bits per heavy atom. The Kier molecular flexibility index (Phi) is 10.4. The van der Waals surface area contributed by atoms with Crippen LogP contribution in [0.4, 0.5) is 4.79 Å². The van der Waals surface area contributed by atoms with Crippen LogP contribution in [0.15, 0.2) is 73.1 Å². The number of aryl methyl sites for hydroxylation is 1. The van der Waals surface area contributed by atoms with Gasteiger partial charge in [0.25, 0.3) is 0 Å². The SMILES string of the molecule is CC(C)(C)OC(=O)N(Cc1ccccn1)CC(CNC1CCCc2cccnc21)C[C@H](C(=O)O)C(=O)c1ccccc1. The van der Waals surface area contributed by atoms with Crippen LogP contribution in [-0.2, 0) is 22.5 Å². The molecular weight excluding hydrogens is 532 g/mol. The number of aliphatic carboxylic acids is 1. The van der Waals surface area contributed by atoms with Gasteiger partial charge in [0.2, 0.25) is 0 Å². The van der Waals surface area contributed by atoms with Crippen LogP contribution in [0.1, 0.15) is 73.4 Å². The number of carboxylic acid groups (broad SMARTS) is 1. The van der Waals surface area contributed by atoms with Crippen molar-refractivity contribution in [2.45, 2.75) is 64.6 Å². The number of benzene rings is 1. The second kappa shape index (κ2) is 14.2. The van der Waals surface area contributed by atoms with E-state index in [1.165, 1.54) is 5.56 Å². The Morgan fingerprint density at radius 1 is 1.02 bits per heavy atom. The van der Waals surface area contributed by atoms with E-state index in [0.717, 1.165) is 25.0 Å². The number of carbonyl (C=O) groups is 3. The average molecular weight is 573 g/mol. The number of nitrogens with zero attached hydrogens (tertiary/aromatic N) is 3. The largest absolute Gasteiger partial charge is 0.481 e. The summed E-state index contributed by atoms with van der Waals surface area (Å²) in [5.74, 6) is -3.30. The number of carbonyl (C=O) groups excluding carboxylic acids is 2. The fraction of sp³-hybridized carbons (Fsp3) is 0.424. The molecule has 0 fully saturated rings. The van der Waals surface area contributed by atoms with Crippen LogP contribution < -0.4 is 5.32 Å². The Morgan fingerprint density at radius 3 is 2.45 bits per heavy atom. The van der Waals surface area contributed by atoms with Gasteiger partial charge in [-0.25, -0.2) is 4.79 Å². The number of carboxylic acids is 1. The molecule has 1 aliphatic carbocycles. The average Bonchev–Trinajstić information content (AvgIpc) is 2.97. The topological polar surface area (TPSA) is 122 Å². The molecule has 0 spiro atoms. The maximum atomic E-state index is 13.4. The Balaban J connectivity index is 1.61. The molecule has 4 rings (SSSR count). The summed E-state index contributed by atoms with van der Waals surface area (Å²) in [5, 5.41) is 13.8. The minimum atomic E-state index is -1.27. The van der Waals surface area contributed by atoms with Gasteiger partial charge in [0.15, 0.2) is 5.78 Å². The Hall–Kier alpha value is -4.11. The molecule has 0 radical (unpaired) electrons. The Bertz CT molecular complexity index is 1340. The smallest absolute Gasteiger partial charge is 0.410 e. The predicted octanol–water partition coefficient (Wildman–Crippen LogP) is 5.47. The van der Waals surface area contributed by atoms with Gasteiger partial charge < -0.3 is 20.1 Å². The van der Waals surface area contributed by atoms with Gasteiger partial charge in [0.1, 0.15) is 11.5 Å². The number of rotatable bonds is 12. The molecule has 2 N–H and O–H groups in total. The Labute approximate surface area is 247 Å². The molecule has 1 aliphatic rings. The highest BCUT2D eigenvalue weighted by Crippen LogP contribution is 2.29. The molecule has 0 saturated carbocycles. The molecule has 3 aromatic rings. The maximum absolute atomic E-state index is 13.4. The van der Waals surface area contributed by atoms with E-state index in [9.17, 15) is 19.5 Å². The number of amides is 1. The van der Waals surface area contributed by atoms with Gasteiger partial charge in [0, 0.05) is 37.1 Å². The molecule has 1 aromatic carbocycles. The van der Waals surface area contributed by atoms with Crippen molar-refractivity contribution in [1.29, 1.82) is 0 Å². The number of hydrogen-bond donors (Lipinski definition) is 2. The van der Waals surface area contributed by atoms with Crippen LogP contribution >= 0.6 is 0 Å². The monoisotopic (exact) mass is 572 g/mol. The van der Waals surface area contributed by atoms with Crippen molar-refractivity contribution in [2.24, 2.45) is 11.8 Å². The summed E-state index contributed by atoms with van der Waals surface area (Å²) in [6, 6.07) is 18.0. The van der Waals surface area contributed by atoms with E-state index in [-0.39, 0.29) is 31.5 Å². The van der Waals surface area contributed by atoms with Crippen molar-refractivity contribution >= 4 is 17.8 Å². The zero-order valence-corrected chi connectivity index (χ0v) is 24.5. The third kappa shape index (κ3) is 8.69. The standard InChI is InChI=1S/C33H40N4O5/c1-33(2,3)42-32(41)37(22-26-15-7-8-17-34-26)21-23(19-27(31(39)40)30(38)25-11-5-4-6-12-25)20-36-28-16-9-13-24-14-10-18-35-29(24)28/h4-8,10-12,14-15,17-18,23,27-28,36H,9,13,16,19-22H2,1-3H3,(H,39,40)/t23?,27-,28?/m0/s1. The van der Waals surface area contributed by atoms with E-state index in [2.05, 4.69) is 21.4 Å². The van der Waals surface area contributed by atoms with Crippen molar-refractivity contribution in [2.75, 3.05) is 13.1 Å². The van der Waals surface area contributed by atoms with E-state index >= 15 is 0 Å². The molecular formula is C33H40N4O5. The lowest BCUT2D eigenvalue weighted by molar-refractivity contribution is -0.140. The molecule has 2 heterocycles. The molecule has 2 unspecified atom stereocenters. The second-order valence-corrected chi connectivity index (χ2v) is 11.8. The van der Waals surface area contributed by atoms with Crippen LogP contribution in [0.3, 0.4) is 0 Å². The summed E-state index contributed by atoms with van der Waals surface area (Å²) in [6.45, 7) is 6.14.